The van der Waals surface area contributed by atoms with Gasteiger partial charge in [-0.1, -0.05) is 0 Å². The second-order valence-electron chi connectivity index (χ2n) is 4.79. The lowest BCUT2D eigenvalue weighted by atomic mass is 10.1. The van der Waals surface area contributed by atoms with Crippen molar-refractivity contribution in [2.24, 2.45) is 11.5 Å². The molecule has 5 nitrogen and oxygen atoms in total. The fourth-order valence-electron chi connectivity index (χ4n) is 1.83. The standard InChI is InChI=1S/C14H18F3N3O2/c15-14(16,17)10-6-4-9(5-7-10)13(22)20-11(12(19)21)3-1-2-8-18/h4-7,11H,1-3,8,18H2,(H2,19,21)(H,20,22)/t11-/m0/s1. The van der Waals surface area contributed by atoms with E-state index in [1.807, 2.05) is 0 Å². The summed E-state index contributed by atoms with van der Waals surface area (Å²) in [7, 11) is 0. The zero-order chi connectivity index (χ0) is 16.8. The molecule has 1 rings (SSSR count). The first kappa shape index (κ1) is 18.0. The molecular formula is C14H18F3N3O2. The van der Waals surface area contributed by atoms with Crippen molar-refractivity contribution in [3.05, 3.63) is 35.4 Å². The predicted octanol–water partition coefficient (Wildman–Crippen LogP) is 1.42. The summed E-state index contributed by atoms with van der Waals surface area (Å²) in [5.41, 5.74) is 9.71. The minimum Gasteiger partial charge on any atom is -0.368 e. The van der Waals surface area contributed by atoms with Crippen molar-refractivity contribution in [2.45, 2.75) is 31.5 Å². The summed E-state index contributed by atoms with van der Waals surface area (Å²) in [5.74, 6) is -1.34. The lowest BCUT2D eigenvalue weighted by molar-refractivity contribution is -0.137. The van der Waals surface area contributed by atoms with Gasteiger partial charge in [0.15, 0.2) is 0 Å². The van der Waals surface area contributed by atoms with E-state index < -0.39 is 29.6 Å². The lowest BCUT2D eigenvalue weighted by Crippen LogP contribution is -2.44. The number of nitrogens with two attached hydrogens (primary N) is 2. The van der Waals surface area contributed by atoms with Gasteiger partial charge in [0.25, 0.3) is 5.91 Å². The van der Waals surface area contributed by atoms with Crippen LogP contribution in [0.25, 0.3) is 0 Å². The number of carbonyl (C=O) groups is 2. The van der Waals surface area contributed by atoms with Gasteiger partial charge in [-0.05, 0) is 50.1 Å². The Bertz CT molecular complexity index is 515. The molecule has 0 aliphatic carbocycles. The molecule has 1 atom stereocenters. The normalized spacial score (nSPS) is 12.7. The van der Waals surface area contributed by atoms with Crippen molar-refractivity contribution in [1.82, 2.24) is 5.32 Å². The summed E-state index contributed by atoms with van der Waals surface area (Å²) in [6, 6.07) is 2.85. The highest BCUT2D eigenvalue weighted by atomic mass is 19.4. The quantitative estimate of drug-likeness (QED) is 0.663. The van der Waals surface area contributed by atoms with Gasteiger partial charge in [-0.3, -0.25) is 9.59 Å². The van der Waals surface area contributed by atoms with Gasteiger partial charge in [0.05, 0.1) is 5.56 Å². The van der Waals surface area contributed by atoms with E-state index in [-0.39, 0.29) is 5.56 Å². The average molecular weight is 317 g/mol. The Labute approximate surface area is 125 Å². The van der Waals surface area contributed by atoms with Crippen molar-refractivity contribution in [3.8, 4) is 0 Å². The Kier molecular flexibility index (Phi) is 6.36. The summed E-state index contributed by atoms with van der Waals surface area (Å²) >= 11 is 0. The Hall–Kier alpha value is -2.09. The first-order chi connectivity index (χ1) is 10.3. The number of hydrogen-bond donors (Lipinski definition) is 3. The number of alkyl halides is 3. The molecule has 0 heterocycles. The zero-order valence-electron chi connectivity index (χ0n) is 11.8. The largest absolute Gasteiger partial charge is 0.416 e. The first-order valence-electron chi connectivity index (χ1n) is 6.73. The van der Waals surface area contributed by atoms with E-state index >= 15 is 0 Å². The molecule has 0 aromatic heterocycles. The molecule has 0 fully saturated rings. The molecule has 5 N–H and O–H groups in total. The Morgan fingerprint density at radius 3 is 2.18 bits per heavy atom. The predicted molar refractivity (Wildman–Crippen MR) is 74.8 cm³/mol. The molecule has 0 radical (unpaired) electrons. The number of primary amides is 1. The molecule has 0 spiro atoms. The summed E-state index contributed by atoms with van der Waals surface area (Å²) in [6.07, 6.45) is -2.84. The van der Waals surface area contributed by atoms with Crippen LogP contribution in [-0.2, 0) is 11.0 Å². The number of halogens is 3. The third-order valence-electron chi connectivity index (χ3n) is 3.07. The number of unbranched alkanes of at least 4 members (excludes halogenated alkanes) is 1. The van der Waals surface area contributed by atoms with Crippen molar-refractivity contribution < 1.29 is 22.8 Å². The van der Waals surface area contributed by atoms with Gasteiger partial charge in [0, 0.05) is 5.56 Å². The maximum absolute atomic E-state index is 12.4. The second kappa shape index (κ2) is 7.79. The van der Waals surface area contributed by atoms with Gasteiger partial charge in [-0.2, -0.15) is 13.2 Å². The van der Waals surface area contributed by atoms with Gasteiger partial charge in [-0.25, -0.2) is 0 Å². The van der Waals surface area contributed by atoms with Crippen LogP contribution in [0.5, 0.6) is 0 Å². The number of nitrogens with one attached hydrogen (secondary N) is 1. The molecule has 1 aromatic rings. The molecule has 22 heavy (non-hydrogen) atoms. The molecule has 0 saturated heterocycles. The summed E-state index contributed by atoms with van der Waals surface area (Å²) in [6.45, 7) is 0.457. The maximum atomic E-state index is 12.4. The van der Waals surface area contributed by atoms with E-state index in [0.717, 1.165) is 24.3 Å². The number of amides is 2. The van der Waals surface area contributed by atoms with Crippen LogP contribution in [0.15, 0.2) is 24.3 Å². The van der Waals surface area contributed by atoms with Crippen LogP contribution in [0.4, 0.5) is 13.2 Å². The van der Waals surface area contributed by atoms with Crippen molar-refractivity contribution >= 4 is 11.8 Å². The molecule has 8 heteroatoms. The Morgan fingerprint density at radius 1 is 1.14 bits per heavy atom. The van der Waals surface area contributed by atoms with E-state index in [1.165, 1.54) is 0 Å². The van der Waals surface area contributed by atoms with Crippen LogP contribution in [0.2, 0.25) is 0 Å². The molecule has 1 aromatic carbocycles. The minimum atomic E-state index is -4.47. The number of rotatable bonds is 7. The average Bonchev–Trinajstić information content (AvgIpc) is 2.45. The fourth-order valence-corrected chi connectivity index (χ4v) is 1.83. The minimum absolute atomic E-state index is 0.0260. The lowest BCUT2D eigenvalue weighted by Gasteiger charge is -2.15. The smallest absolute Gasteiger partial charge is 0.368 e. The highest BCUT2D eigenvalue weighted by Crippen LogP contribution is 2.29. The maximum Gasteiger partial charge on any atom is 0.416 e. The first-order valence-corrected chi connectivity index (χ1v) is 6.73. The van der Waals surface area contributed by atoms with Crippen LogP contribution < -0.4 is 16.8 Å². The molecule has 122 valence electrons. The van der Waals surface area contributed by atoms with E-state index in [4.69, 9.17) is 11.5 Å². The van der Waals surface area contributed by atoms with Crippen molar-refractivity contribution in [2.75, 3.05) is 6.54 Å². The number of benzene rings is 1. The van der Waals surface area contributed by atoms with Gasteiger partial charge in [0.1, 0.15) is 6.04 Å². The third-order valence-corrected chi connectivity index (χ3v) is 3.07. The molecule has 0 saturated carbocycles. The van der Waals surface area contributed by atoms with E-state index in [2.05, 4.69) is 5.32 Å². The molecule has 2 amide bonds. The van der Waals surface area contributed by atoms with Crippen LogP contribution in [-0.4, -0.2) is 24.4 Å². The van der Waals surface area contributed by atoms with Crippen molar-refractivity contribution in [1.29, 1.82) is 0 Å². The van der Waals surface area contributed by atoms with Gasteiger partial charge in [-0.15, -0.1) is 0 Å². The van der Waals surface area contributed by atoms with E-state index in [0.29, 0.717) is 25.8 Å². The second-order valence-corrected chi connectivity index (χ2v) is 4.79. The van der Waals surface area contributed by atoms with E-state index in [9.17, 15) is 22.8 Å². The molecule has 0 bridgehead atoms. The number of hydrogen-bond acceptors (Lipinski definition) is 3. The van der Waals surface area contributed by atoms with Gasteiger partial charge >= 0.3 is 6.18 Å². The summed E-state index contributed by atoms with van der Waals surface area (Å²) in [4.78, 5) is 23.2. The Balaban J connectivity index is 2.71. The van der Waals surface area contributed by atoms with Crippen LogP contribution in [0.1, 0.15) is 35.2 Å². The van der Waals surface area contributed by atoms with Gasteiger partial charge < -0.3 is 16.8 Å². The highest BCUT2D eigenvalue weighted by Gasteiger charge is 2.30. The molecule has 0 aliphatic heterocycles. The van der Waals surface area contributed by atoms with E-state index in [1.54, 1.807) is 0 Å². The molecule has 0 unspecified atom stereocenters. The molecule has 0 aliphatic rings. The van der Waals surface area contributed by atoms with Crippen LogP contribution in [0, 0.1) is 0 Å². The summed E-state index contributed by atoms with van der Waals surface area (Å²) in [5, 5.41) is 2.41. The third kappa shape index (κ3) is 5.36. The summed E-state index contributed by atoms with van der Waals surface area (Å²) < 4.78 is 37.3. The van der Waals surface area contributed by atoms with Crippen molar-refractivity contribution in [3.63, 3.8) is 0 Å². The SMILES string of the molecule is NCCCC[C@H](NC(=O)c1ccc(C(F)(F)F)cc1)C(N)=O. The van der Waals surface area contributed by atoms with Gasteiger partial charge in [0.2, 0.25) is 5.91 Å². The topological polar surface area (TPSA) is 98.2 Å². The molecular weight excluding hydrogens is 299 g/mol. The fraction of sp³-hybridized carbons (Fsp3) is 0.429. The zero-order valence-corrected chi connectivity index (χ0v) is 11.8. The van der Waals surface area contributed by atoms with Crippen LogP contribution >= 0.6 is 0 Å². The van der Waals surface area contributed by atoms with Crippen LogP contribution in [0.3, 0.4) is 0 Å². The Morgan fingerprint density at radius 2 is 1.73 bits per heavy atom. The monoisotopic (exact) mass is 317 g/mol. The highest BCUT2D eigenvalue weighted by molar-refractivity contribution is 5.97. The number of carbonyl (C=O) groups excluding carboxylic acids is 2.